The summed E-state index contributed by atoms with van der Waals surface area (Å²) in [7, 11) is 0. The summed E-state index contributed by atoms with van der Waals surface area (Å²) in [4.78, 5) is 2.27. The number of rotatable bonds is 7. The summed E-state index contributed by atoms with van der Waals surface area (Å²) in [5.74, 6) is 0.751. The molecule has 4 heteroatoms. The van der Waals surface area contributed by atoms with E-state index in [-0.39, 0.29) is 6.61 Å². The Hall–Kier alpha value is -1.42. The number of anilines is 2. The highest BCUT2D eigenvalue weighted by Gasteiger charge is 2.25. The van der Waals surface area contributed by atoms with E-state index in [2.05, 4.69) is 11.8 Å². The van der Waals surface area contributed by atoms with Crippen molar-refractivity contribution in [2.24, 2.45) is 0 Å². The van der Waals surface area contributed by atoms with Crippen molar-refractivity contribution in [2.75, 3.05) is 30.4 Å². The van der Waals surface area contributed by atoms with Crippen LogP contribution in [-0.2, 0) is 0 Å². The fraction of sp³-hybridized carbons (Fsp3) is 0.600. The second-order valence-electron chi connectivity index (χ2n) is 5.07. The molecule has 0 aliphatic heterocycles. The topological polar surface area (TPSA) is 58.7 Å². The van der Waals surface area contributed by atoms with Crippen LogP contribution in [-0.4, -0.2) is 30.9 Å². The molecule has 0 heterocycles. The number of nitrogen functional groups attached to an aromatic ring is 1. The van der Waals surface area contributed by atoms with Crippen molar-refractivity contribution in [3.8, 4) is 5.75 Å². The molecule has 1 saturated carbocycles. The zero-order valence-corrected chi connectivity index (χ0v) is 11.6. The van der Waals surface area contributed by atoms with Crippen molar-refractivity contribution in [1.29, 1.82) is 0 Å². The molecule has 0 spiro atoms. The van der Waals surface area contributed by atoms with Gasteiger partial charge >= 0.3 is 0 Å². The van der Waals surface area contributed by atoms with Crippen molar-refractivity contribution in [1.82, 2.24) is 0 Å². The van der Waals surface area contributed by atoms with E-state index in [4.69, 9.17) is 10.5 Å². The molecule has 19 heavy (non-hydrogen) atoms. The quantitative estimate of drug-likeness (QED) is 0.743. The summed E-state index contributed by atoms with van der Waals surface area (Å²) < 4.78 is 5.67. The molecule has 0 saturated heterocycles. The molecular weight excluding hydrogens is 240 g/mol. The molecule has 2 rings (SSSR count). The van der Waals surface area contributed by atoms with E-state index >= 15 is 0 Å². The minimum absolute atomic E-state index is 0.173. The van der Waals surface area contributed by atoms with Crippen LogP contribution in [0.15, 0.2) is 18.2 Å². The second kappa shape index (κ2) is 6.66. The molecular formula is C15H24N2O2. The number of aliphatic hydroxyl groups excluding tert-OH is 1. The van der Waals surface area contributed by atoms with Gasteiger partial charge in [0, 0.05) is 24.3 Å². The predicted octanol–water partition coefficient (Wildman–Crippen LogP) is 2.41. The van der Waals surface area contributed by atoms with Gasteiger partial charge in [0.1, 0.15) is 5.75 Å². The zero-order chi connectivity index (χ0) is 13.7. The summed E-state index contributed by atoms with van der Waals surface area (Å²) in [6.07, 6.45) is 4.65. The number of hydrogen-bond donors (Lipinski definition) is 2. The van der Waals surface area contributed by atoms with Gasteiger partial charge in [-0.15, -0.1) is 0 Å². The van der Waals surface area contributed by atoms with Crippen LogP contribution < -0.4 is 15.4 Å². The smallest absolute Gasteiger partial charge is 0.144 e. The molecule has 1 aromatic carbocycles. The van der Waals surface area contributed by atoms with Crippen molar-refractivity contribution in [3.05, 3.63) is 18.2 Å². The predicted molar refractivity (Wildman–Crippen MR) is 78.7 cm³/mol. The van der Waals surface area contributed by atoms with Crippen molar-refractivity contribution in [2.45, 2.75) is 38.6 Å². The van der Waals surface area contributed by atoms with Crippen molar-refractivity contribution < 1.29 is 9.84 Å². The molecule has 1 aliphatic carbocycles. The van der Waals surface area contributed by atoms with Crippen LogP contribution in [0.4, 0.5) is 11.4 Å². The molecule has 0 amide bonds. The number of ether oxygens (including phenoxy) is 1. The summed E-state index contributed by atoms with van der Waals surface area (Å²) in [6, 6.07) is 6.46. The van der Waals surface area contributed by atoms with E-state index < -0.39 is 0 Å². The van der Waals surface area contributed by atoms with Crippen molar-refractivity contribution >= 4 is 11.4 Å². The van der Waals surface area contributed by atoms with E-state index in [9.17, 15) is 5.11 Å². The monoisotopic (exact) mass is 264 g/mol. The highest BCUT2D eigenvalue weighted by Crippen LogP contribution is 2.33. The Bertz CT molecular complexity index is 405. The van der Waals surface area contributed by atoms with Gasteiger partial charge in [0.2, 0.25) is 0 Å². The molecule has 0 unspecified atom stereocenters. The van der Waals surface area contributed by atoms with Crippen LogP contribution in [0.3, 0.4) is 0 Å². The van der Waals surface area contributed by atoms with Gasteiger partial charge in [0.25, 0.3) is 0 Å². The minimum atomic E-state index is 0.173. The van der Waals surface area contributed by atoms with Crippen LogP contribution in [0.2, 0.25) is 0 Å². The van der Waals surface area contributed by atoms with Crippen molar-refractivity contribution in [3.63, 3.8) is 0 Å². The summed E-state index contributed by atoms with van der Waals surface area (Å²) in [6.45, 7) is 3.59. The summed E-state index contributed by atoms with van der Waals surface area (Å²) in [5, 5.41) is 9.23. The van der Waals surface area contributed by atoms with Crippen LogP contribution in [0.25, 0.3) is 0 Å². The molecule has 106 valence electrons. The normalized spacial score (nSPS) is 15.1. The van der Waals surface area contributed by atoms with E-state index in [1.165, 1.54) is 19.3 Å². The van der Waals surface area contributed by atoms with Crippen LogP contribution >= 0.6 is 0 Å². The Morgan fingerprint density at radius 2 is 2.21 bits per heavy atom. The standard InChI is InChI=1S/C15H24N2O2/c1-2-10-19-15-11-13(6-7-14(15)16)17(8-9-18)12-4-3-5-12/h6-7,11-12,18H,2-5,8-10,16H2,1H3. The first-order valence-electron chi connectivity index (χ1n) is 7.16. The molecule has 0 aromatic heterocycles. The average Bonchev–Trinajstić information content (AvgIpc) is 2.35. The SMILES string of the molecule is CCCOc1cc(N(CCO)C2CCC2)ccc1N. The Kier molecular flexibility index (Phi) is 4.91. The molecule has 0 bridgehead atoms. The van der Waals surface area contributed by atoms with Gasteiger partial charge in [-0.3, -0.25) is 0 Å². The Labute approximate surface area is 115 Å². The molecule has 1 fully saturated rings. The lowest BCUT2D eigenvalue weighted by Crippen LogP contribution is -2.41. The van der Waals surface area contributed by atoms with Gasteiger partial charge in [-0.25, -0.2) is 0 Å². The van der Waals surface area contributed by atoms with E-state index in [1.54, 1.807) is 0 Å². The largest absolute Gasteiger partial charge is 0.491 e. The number of benzene rings is 1. The van der Waals surface area contributed by atoms with E-state index in [0.717, 1.165) is 17.9 Å². The van der Waals surface area contributed by atoms with Gasteiger partial charge < -0.3 is 20.5 Å². The maximum absolute atomic E-state index is 9.23. The number of nitrogens with zero attached hydrogens (tertiary/aromatic N) is 1. The van der Waals surface area contributed by atoms with Gasteiger partial charge in [-0.1, -0.05) is 6.92 Å². The first-order chi connectivity index (χ1) is 9.26. The Balaban J connectivity index is 2.16. The molecule has 3 N–H and O–H groups in total. The third-order valence-electron chi connectivity index (χ3n) is 3.65. The first-order valence-corrected chi connectivity index (χ1v) is 7.16. The third kappa shape index (κ3) is 3.32. The summed E-state index contributed by atoms with van der Waals surface area (Å²) in [5.41, 5.74) is 7.71. The van der Waals surface area contributed by atoms with E-state index in [1.807, 2.05) is 18.2 Å². The zero-order valence-electron chi connectivity index (χ0n) is 11.6. The Morgan fingerprint density at radius 3 is 2.79 bits per heavy atom. The molecule has 4 nitrogen and oxygen atoms in total. The third-order valence-corrected chi connectivity index (χ3v) is 3.65. The number of aliphatic hydroxyl groups is 1. The van der Waals surface area contributed by atoms with E-state index in [0.29, 0.717) is 24.9 Å². The average molecular weight is 264 g/mol. The fourth-order valence-corrected chi connectivity index (χ4v) is 2.37. The molecule has 1 aromatic rings. The first kappa shape index (κ1) is 14.0. The van der Waals surface area contributed by atoms with Gasteiger partial charge in [0.05, 0.1) is 18.9 Å². The number of nitrogens with two attached hydrogens (primary N) is 1. The van der Waals surface area contributed by atoms with Gasteiger partial charge in [0.15, 0.2) is 0 Å². The second-order valence-corrected chi connectivity index (χ2v) is 5.07. The lowest BCUT2D eigenvalue weighted by molar-refractivity contribution is 0.283. The van der Waals surface area contributed by atoms with Crippen LogP contribution in [0.1, 0.15) is 32.6 Å². The Morgan fingerprint density at radius 1 is 1.42 bits per heavy atom. The minimum Gasteiger partial charge on any atom is -0.491 e. The highest BCUT2D eigenvalue weighted by atomic mass is 16.5. The molecule has 0 atom stereocenters. The highest BCUT2D eigenvalue weighted by molar-refractivity contribution is 5.62. The number of hydrogen-bond acceptors (Lipinski definition) is 4. The lowest BCUT2D eigenvalue weighted by atomic mass is 9.91. The fourth-order valence-electron chi connectivity index (χ4n) is 2.37. The maximum atomic E-state index is 9.23. The maximum Gasteiger partial charge on any atom is 0.144 e. The lowest BCUT2D eigenvalue weighted by Gasteiger charge is -2.39. The summed E-state index contributed by atoms with van der Waals surface area (Å²) >= 11 is 0. The van der Waals surface area contributed by atoms with Gasteiger partial charge in [-0.2, -0.15) is 0 Å². The molecule has 0 radical (unpaired) electrons. The van der Waals surface area contributed by atoms with Gasteiger partial charge in [-0.05, 0) is 37.8 Å². The van der Waals surface area contributed by atoms with Crippen LogP contribution in [0, 0.1) is 0 Å². The molecule has 1 aliphatic rings. The van der Waals surface area contributed by atoms with Crippen LogP contribution in [0.5, 0.6) is 5.75 Å².